The molecular weight excluding hydrogens is 606 g/mol. The first-order valence-electron chi connectivity index (χ1n) is 14.4. The van der Waals surface area contributed by atoms with Gasteiger partial charge in [-0.1, -0.05) is 42.5 Å². The van der Waals surface area contributed by atoms with Crippen molar-refractivity contribution in [3.63, 3.8) is 0 Å². The van der Waals surface area contributed by atoms with E-state index in [0.717, 1.165) is 38.2 Å². The molecule has 5 rings (SSSR count). The topological polar surface area (TPSA) is 166 Å². The number of aromatic amines is 1. The molecule has 238 valence electrons. The normalized spacial score (nSPS) is 18.6. The smallest absolute Gasteiger partial charge is 0.318 e. The molecule has 2 atom stereocenters. The summed E-state index contributed by atoms with van der Waals surface area (Å²) in [7, 11) is -3.81. The zero-order valence-corrected chi connectivity index (χ0v) is 26.7. The van der Waals surface area contributed by atoms with Crippen LogP contribution in [-0.4, -0.2) is 83.0 Å². The van der Waals surface area contributed by atoms with Gasteiger partial charge in [0.15, 0.2) is 0 Å². The van der Waals surface area contributed by atoms with Crippen LogP contribution in [0.2, 0.25) is 0 Å². The molecule has 44 heavy (non-hydrogen) atoms. The van der Waals surface area contributed by atoms with E-state index >= 15 is 0 Å². The lowest BCUT2D eigenvalue weighted by Crippen LogP contribution is -2.58. The number of benzene rings is 2. The molecule has 1 aliphatic carbocycles. The minimum absolute atomic E-state index is 0. The molecule has 1 spiro atoms. The Labute approximate surface area is 263 Å². The minimum Gasteiger partial charge on any atom is -0.480 e. The third kappa shape index (κ3) is 6.63. The number of halogens is 1. The molecule has 1 fully saturated rings. The summed E-state index contributed by atoms with van der Waals surface area (Å²) >= 11 is 0. The van der Waals surface area contributed by atoms with E-state index in [9.17, 15) is 27.9 Å². The number of sulfonamides is 1. The summed E-state index contributed by atoms with van der Waals surface area (Å²) in [5, 5.41) is 13.3. The number of hydrogen-bond acceptors (Lipinski definition) is 6. The van der Waals surface area contributed by atoms with Crippen molar-refractivity contribution in [1.82, 2.24) is 19.5 Å². The van der Waals surface area contributed by atoms with Gasteiger partial charge in [-0.15, -0.1) is 12.4 Å². The van der Waals surface area contributed by atoms with Crippen LogP contribution in [0.3, 0.4) is 0 Å². The number of aliphatic carboxylic acids is 1. The number of rotatable bonds is 9. The average Bonchev–Trinajstić information content (AvgIpc) is 3.49. The molecule has 2 aliphatic rings. The lowest BCUT2D eigenvalue weighted by Gasteiger charge is -2.42. The summed E-state index contributed by atoms with van der Waals surface area (Å²) in [5.74, 6) is -1.84. The molecule has 2 amide bonds. The molecule has 1 saturated heterocycles. The first kappa shape index (κ1) is 33.4. The van der Waals surface area contributed by atoms with Crippen molar-refractivity contribution in [3.05, 3.63) is 71.4 Å². The first-order chi connectivity index (χ1) is 20.2. The summed E-state index contributed by atoms with van der Waals surface area (Å²) in [6.07, 6.45) is 4.77. The van der Waals surface area contributed by atoms with Crippen LogP contribution < -0.4 is 11.1 Å². The van der Waals surface area contributed by atoms with Crippen molar-refractivity contribution in [2.45, 2.75) is 62.6 Å². The van der Waals surface area contributed by atoms with Crippen molar-refractivity contribution >= 4 is 51.1 Å². The van der Waals surface area contributed by atoms with E-state index < -0.39 is 51.5 Å². The van der Waals surface area contributed by atoms with Gasteiger partial charge >= 0.3 is 5.97 Å². The summed E-state index contributed by atoms with van der Waals surface area (Å²) in [6, 6.07) is 13.9. The van der Waals surface area contributed by atoms with Crippen LogP contribution in [0.1, 0.15) is 55.8 Å². The first-order valence-corrected chi connectivity index (χ1v) is 16.3. The number of carboxylic acid groups (broad SMARTS) is 1. The number of aromatic nitrogens is 1. The van der Waals surface area contributed by atoms with E-state index in [2.05, 4.69) is 10.3 Å². The van der Waals surface area contributed by atoms with Crippen LogP contribution in [0.4, 0.5) is 0 Å². The van der Waals surface area contributed by atoms with Crippen LogP contribution >= 0.6 is 12.4 Å². The molecule has 1 aliphatic heterocycles. The number of carboxylic acids is 1. The van der Waals surface area contributed by atoms with Crippen LogP contribution in [-0.2, 0) is 36.2 Å². The van der Waals surface area contributed by atoms with Crippen LogP contribution in [0.25, 0.3) is 10.9 Å². The third-order valence-corrected chi connectivity index (χ3v) is 10.1. The second-order valence-corrected chi connectivity index (χ2v) is 14.4. The zero-order valence-electron chi connectivity index (χ0n) is 25.1. The fraction of sp³-hybridized carbons (Fsp3) is 0.452. The maximum atomic E-state index is 14.0. The number of fused-ring (bicyclic) bond motifs is 3. The molecule has 5 N–H and O–H groups in total. The van der Waals surface area contributed by atoms with Gasteiger partial charge in [0.1, 0.15) is 12.6 Å². The molecule has 2 heterocycles. The van der Waals surface area contributed by atoms with Crippen molar-refractivity contribution < 1.29 is 27.9 Å². The fourth-order valence-electron chi connectivity index (χ4n) is 6.62. The van der Waals surface area contributed by atoms with E-state index in [1.807, 2.05) is 54.7 Å². The van der Waals surface area contributed by atoms with E-state index in [-0.39, 0.29) is 24.7 Å². The number of nitrogens with one attached hydrogen (secondary N) is 2. The van der Waals surface area contributed by atoms with Crippen molar-refractivity contribution in [1.29, 1.82) is 0 Å². The minimum atomic E-state index is -3.81. The number of nitrogens with two attached hydrogens (primary N) is 1. The number of hydrogen-bond donors (Lipinski definition) is 4. The van der Waals surface area contributed by atoms with Gasteiger partial charge in [0.2, 0.25) is 21.8 Å². The number of carbonyl (C=O) groups is 3. The summed E-state index contributed by atoms with van der Waals surface area (Å²) in [6.45, 7) is 3.38. The molecule has 1 unspecified atom stereocenters. The Kier molecular flexibility index (Phi) is 9.51. The van der Waals surface area contributed by atoms with E-state index in [0.29, 0.717) is 32.4 Å². The molecule has 11 nitrogen and oxygen atoms in total. The quantitative estimate of drug-likeness (QED) is 0.278. The number of piperidine rings is 1. The highest BCUT2D eigenvalue weighted by molar-refractivity contribution is 7.88. The number of para-hydroxylation sites is 1. The molecule has 1 aromatic heterocycles. The molecule has 3 aromatic rings. The monoisotopic (exact) mass is 645 g/mol. The molecular formula is C31H40ClN5O6S. The zero-order chi connectivity index (χ0) is 31.2. The number of likely N-dealkylation sites (tertiary alicyclic amines) is 1. The van der Waals surface area contributed by atoms with Crippen molar-refractivity contribution in [3.8, 4) is 0 Å². The summed E-state index contributed by atoms with van der Waals surface area (Å²) in [4.78, 5) is 43.5. The fourth-order valence-corrected chi connectivity index (χ4v) is 7.62. The van der Waals surface area contributed by atoms with Crippen LogP contribution in [0, 0.1) is 0 Å². The largest absolute Gasteiger partial charge is 0.480 e. The average molecular weight is 646 g/mol. The lowest BCUT2D eigenvalue weighted by molar-refractivity contribution is -0.139. The predicted molar refractivity (Wildman–Crippen MR) is 170 cm³/mol. The maximum Gasteiger partial charge on any atom is 0.318 e. The van der Waals surface area contributed by atoms with E-state index in [1.165, 1.54) is 0 Å². The van der Waals surface area contributed by atoms with Gasteiger partial charge in [-0.3, -0.25) is 14.4 Å². The number of amides is 2. The maximum absolute atomic E-state index is 14.0. The van der Waals surface area contributed by atoms with Gasteiger partial charge < -0.3 is 26.0 Å². The number of H-pyrrole nitrogens is 1. The third-order valence-electron chi connectivity index (χ3n) is 8.86. The lowest BCUT2D eigenvalue weighted by atomic mass is 9.73. The molecule has 0 bridgehead atoms. The number of carbonyl (C=O) groups excluding carboxylic acids is 2. The molecule has 2 aromatic carbocycles. The SMILES string of the molecule is CC(C)(N)C(=O)N[C@H](Cc1c[nH]c2ccccc12)C(=O)N1CCC2(CC1)CC(N(CC(=O)O)S(C)(=O)=O)c1ccccc12.Cl. The second-order valence-electron chi connectivity index (χ2n) is 12.4. The Morgan fingerprint density at radius 3 is 2.41 bits per heavy atom. The molecule has 13 heteroatoms. The Bertz CT molecular complexity index is 1660. The van der Waals surface area contributed by atoms with Crippen molar-refractivity contribution in [2.75, 3.05) is 25.9 Å². The van der Waals surface area contributed by atoms with E-state index in [1.54, 1.807) is 18.7 Å². The Balaban J connectivity index is 0.00000442. The van der Waals surface area contributed by atoms with Gasteiger partial charge in [0.25, 0.3) is 0 Å². The van der Waals surface area contributed by atoms with Gasteiger partial charge in [-0.25, -0.2) is 8.42 Å². The van der Waals surface area contributed by atoms with E-state index in [4.69, 9.17) is 5.73 Å². The van der Waals surface area contributed by atoms with Gasteiger partial charge in [0, 0.05) is 42.0 Å². The number of nitrogens with zero attached hydrogens (tertiary/aromatic N) is 2. The summed E-state index contributed by atoms with van der Waals surface area (Å²) < 4.78 is 26.4. The predicted octanol–water partition coefficient (Wildman–Crippen LogP) is 2.71. The van der Waals surface area contributed by atoms with Gasteiger partial charge in [0.05, 0.1) is 17.8 Å². The van der Waals surface area contributed by atoms with Crippen LogP contribution in [0.15, 0.2) is 54.7 Å². The summed E-state index contributed by atoms with van der Waals surface area (Å²) in [5.41, 5.74) is 8.14. The Morgan fingerprint density at radius 2 is 1.77 bits per heavy atom. The Hall–Kier alpha value is -3.45. The standard InChI is InChI=1S/C31H39N5O6S.ClH/c1-30(2,32)29(40)34-25(16-20-18-33-24-11-7-5-8-21(20)24)28(39)35-14-12-31(13-15-35)17-26(22-9-4-6-10-23(22)31)36(19-27(37)38)43(3,41)42;/h4-11,18,25-26,33H,12-17,19,32H2,1-3H3,(H,34,40)(H,37,38);1H/t25-,26?;/m1./s1. The van der Waals surface area contributed by atoms with Crippen molar-refractivity contribution in [2.24, 2.45) is 5.73 Å². The highest BCUT2D eigenvalue weighted by Crippen LogP contribution is 2.53. The molecule has 0 saturated carbocycles. The van der Waals surface area contributed by atoms with Gasteiger partial charge in [-0.2, -0.15) is 4.31 Å². The highest BCUT2D eigenvalue weighted by Gasteiger charge is 2.49. The second kappa shape index (κ2) is 12.5. The van der Waals surface area contributed by atoms with Gasteiger partial charge in [-0.05, 0) is 55.9 Å². The molecule has 0 radical (unpaired) electrons. The Morgan fingerprint density at radius 1 is 1.14 bits per heavy atom. The van der Waals surface area contributed by atoms with Crippen LogP contribution in [0.5, 0.6) is 0 Å². The highest BCUT2D eigenvalue weighted by atomic mass is 35.5.